The van der Waals surface area contributed by atoms with Gasteiger partial charge < -0.3 is 8.85 Å². The van der Waals surface area contributed by atoms with Gasteiger partial charge in [0.15, 0.2) is 0 Å². The van der Waals surface area contributed by atoms with Crippen LogP contribution in [0.15, 0.2) is 0 Å². The summed E-state index contributed by atoms with van der Waals surface area (Å²) in [6.45, 7) is 17.5. The molecule has 0 atom stereocenters. The minimum absolute atomic E-state index is 0.124. The first kappa shape index (κ1) is 31.1. The molecule has 0 aliphatic carbocycles. The molecule has 0 unspecified atom stereocenters. The molecule has 0 aromatic heterocycles. The molecule has 0 N–H and O–H groups in total. The van der Waals surface area contributed by atoms with Crippen LogP contribution in [0.3, 0.4) is 0 Å². The fourth-order valence-corrected chi connectivity index (χ4v) is 8.32. The van der Waals surface area contributed by atoms with Crippen LogP contribution < -0.4 is 0 Å². The first-order valence-electron chi connectivity index (χ1n) is 13.9. The Labute approximate surface area is 198 Å². The summed E-state index contributed by atoms with van der Waals surface area (Å²) >= 11 is 0. The molecule has 0 saturated heterocycles. The van der Waals surface area contributed by atoms with Crippen LogP contribution in [-0.4, -0.2) is 19.8 Å². The van der Waals surface area contributed by atoms with E-state index in [0.29, 0.717) is 0 Å². The van der Waals surface area contributed by atoms with Crippen molar-refractivity contribution in [3.63, 3.8) is 0 Å². The third-order valence-corrected chi connectivity index (χ3v) is 9.13. The Balaban J connectivity index is 3.62. The normalized spacial score (nSPS) is 13.2. The Kier molecular flexibility index (Phi) is 17.7. The second kappa shape index (κ2) is 17.6. The van der Waals surface area contributed by atoms with Gasteiger partial charge in [0.1, 0.15) is 0 Å². The standard InChI is InChI=1S/C28H60O2Si/c1-9-10-11-12-13-14-15-16-17-18-19-20-21-22-23-24-25-26-31(8,29-27(2,3)4)30-28(5,6)7/h9-26H2,1-8H3. The van der Waals surface area contributed by atoms with Crippen LogP contribution in [0.4, 0.5) is 0 Å². The molecule has 0 bridgehead atoms. The maximum absolute atomic E-state index is 6.45. The third-order valence-electron chi connectivity index (χ3n) is 5.78. The quantitative estimate of drug-likeness (QED) is 0.134. The van der Waals surface area contributed by atoms with Crippen molar-refractivity contribution in [1.29, 1.82) is 0 Å². The zero-order valence-corrected chi connectivity index (χ0v) is 24.0. The van der Waals surface area contributed by atoms with Crippen molar-refractivity contribution in [2.75, 3.05) is 0 Å². The van der Waals surface area contributed by atoms with Gasteiger partial charge in [0, 0.05) is 0 Å². The van der Waals surface area contributed by atoms with E-state index in [2.05, 4.69) is 55.0 Å². The van der Waals surface area contributed by atoms with E-state index in [1.807, 2.05) is 0 Å². The highest BCUT2D eigenvalue weighted by molar-refractivity contribution is 6.66. The van der Waals surface area contributed by atoms with Crippen LogP contribution in [0, 0.1) is 0 Å². The average Bonchev–Trinajstić information content (AvgIpc) is 2.61. The van der Waals surface area contributed by atoms with Gasteiger partial charge >= 0.3 is 8.56 Å². The highest BCUT2D eigenvalue weighted by Gasteiger charge is 2.38. The lowest BCUT2D eigenvalue weighted by atomic mass is 10.0. The van der Waals surface area contributed by atoms with Gasteiger partial charge in [-0.1, -0.05) is 116 Å². The molecule has 2 nitrogen and oxygen atoms in total. The number of hydrogen-bond donors (Lipinski definition) is 0. The van der Waals surface area contributed by atoms with Crippen LogP contribution >= 0.6 is 0 Å². The average molecular weight is 457 g/mol. The van der Waals surface area contributed by atoms with Crippen LogP contribution in [-0.2, 0) is 8.85 Å². The van der Waals surface area contributed by atoms with Crippen molar-refractivity contribution >= 4 is 8.56 Å². The summed E-state index contributed by atoms with van der Waals surface area (Å²) in [7, 11) is -2.13. The summed E-state index contributed by atoms with van der Waals surface area (Å²) in [5, 5.41) is 0. The molecule has 0 heterocycles. The summed E-state index contributed by atoms with van der Waals surface area (Å²) in [5.41, 5.74) is -0.248. The summed E-state index contributed by atoms with van der Waals surface area (Å²) < 4.78 is 12.9. The SMILES string of the molecule is CCCCCCCCCCCCCCCCCCC[Si](C)(OC(C)(C)C)OC(C)(C)C. The van der Waals surface area contributed by atoms with E-state index in [4.69, 9.17) is 8.85 Å². The lowest BCUT2D eigenvalue weighted by molar-refractivity contribution is 0.0173. The largest absolute Gasteiger partial charge is 0.389 e. The monoisotopic (exact) mass is 456 g/mol. The van der Waals surface area contributed by atoms with Crippen molar-refractivity contribution in [3.8, 4) is 0 Å². The van der Waals surface area contributed by atoms with E-state index >= 15 is 0 Å². The molecule has 0 aromatic rings. The summed E-state index contributed by atoms with van der Waals surface area (Å²) in [5.74, 6) is 0. The maximum Gasteiger partial charge on any atom is 0.335 e. The van der Waals surface area contributed by atoms with Crippen molar-refractivity contribution in [1.82, 2.24) is 0 Å². The van der Waals surface area contributed by atoms with E-state index in [9.17, 15) is 0 Å². The van der Waals surface area contributed by atoms with Gasteiger partial charge in [-0.2, -0.15) is 0 Å². The molecule has 0 fully saturated rings. The smallest absolute Gasteiger partial charge is 0.335 e. The Morgan fingerprint density at radius 3 is 0.968 bits per heavy atom. The summed E-state index contributed by atoms with van der Waals surface area (Å²) in [6.07, 6.45) is 24.1. The predicted molar refractivity (Wildman–Crippen MR) is 142 cm³/mol. The molecule has 0 radical (unpaired) electrons. The first-order valence-corrected chi connectivity index (χ1v) is 16.4. The lowest BCUT2D eigenvalue weighted by Crippen LogP contribution is -2.49. The van der Waals surface area contributed by atoms with E-state index in [-0.39, 0.29) is 11.2 Å². The van der Waals surface area contributed by atoms with Crippen molar-refractivity contribution in [3.05, 3.63) is 0 Å². The van der Waals surface area contributed by atoms with Gasteiger partial charge in [-0.3, -0.25) is 0 Å². The molecule has 0 aliphatic heterocycles. The summed E-state index contributed by atoms with van der Waals surface area (Å²) in [4.78, 5) is 0. The number of rotatable bonds is 20. The second-order valence-corrected chi connectivity index (χ2v) is 15.1. The van der Waals surface area contributed by atoms with Gasteiger partial charge in [-0.15, -0.1) is 0 Å². The van der Waals surface area contributed by atoms with Crippen LogP contribution in [0.1, 0.15) is 158 Å². The van der Waals surface area contributed by atoms with E-state index in [1.165, 1.54) is 109 Å². The fourth-order valence-electron chi connectivity index (χ4n) is 4.59. The van der Waals surface area contributed by atoms with Crippen molar-refractivity contribution in [2.24, 2.45) is 0 Å². The number of hydrogen-bond acceptors (Lipinski definition) is 2. The Morgan fingerprint density at radius 2 is 0.710 bits per heavy atom. The third kappa shape index (κ3) is 23.1. The van der Waals surface area contributed by atoms with Crippen molar-refractivity contribution in [2.45, 2.75) is 181 Å². The van der Waals surface area contributed by atoms with Crippen LogP contribution in [0.5, 0.6) is 0 Å². The van der Waals surface area contributed by atoms with Gasteiger partial charge in [-0.25, -0.2) is 0 Å². The Hall–Kier alpha value is 0.137. The minimum atomic E-state index is -2.13. The van der Waals surface area contributed by atoms with E-state index in [1.54, 1.807) is 0 Å². The molecule has 0 spiro atoms. The lowest BCUT2D eigenvalue weighted by Gasteiger charge is -2.39. The van der Waals surface area contributed by atoms with E-state index < -0.39 is 8.56 Å². The Bertz CT molecular complexity index is 379. The van der Waals surface area contributed by atoms with Crippen molar-refractivity contribution < 1.29 is 8.85 Å². The highest BCUT2D eigenvalue weighted by Crippen LogP contribution is 2.28. The molecule has 3 heteroatoms. The first-order chi connectivity index (χ1) is 14.5. The molecule has 0 aromatic carbocycles. The van der Waals surface area contributed by atoms with E-state index in [0.717, 1.165) is 6.04 Å². The summed E-state index contributed by atoms with van der Waals surface area (Å²) in [6, 6.07) is 1.11. The zero-order valence-electron chi connectivity index (χ0n) is 23.0. The molecular formula is C28H60O2Si. The zero-order chi connectivity index (χ0) is 23.6. The molecule has 31 heavy (non-hydrogen) atoms. The van der Waals surface area contributed by atoms with Gasteiger partial charge in [-0.05, 0) is 54.1 Å². The number of unbranched alkanes of at least 4 members (excludes halogenated alkanes) is 16. The fraction of sp³-hybridized carbons (Fsp3) is 1.00. The van der Waals surface area contributed by atoms with Crippen LogP contribution in [0.2, 0.25) is 12.6 Å². The van der Waals surface area contributed by atoms with Crippen LogP contribution in [0.25, 0.3) is 0 Å². The molecule has 0 aliphatic rings. The molecule has 0 amide bonds. The molecule has 188 valence electrons. The van der Waals surface area contributed by atoms with Gasteiger partial charge in [0.2, 0.25) is 0 Å². The predicted octanol–water partition coefficient (Wildman–Crippen LogP) is 10.3. The second-order valence-electron chi connectivity index (χ2n) is 12.0. The molecular weight excluding hydrogens is 396 g/mol. The van der Waals surface area contributed by atoms with Gasteiger partial charge in [0.25, 0.3) is 0 Å². The highest BCUT2D eigenvalue weighted by atomic mass is 28.4. The topological polar surface area (TPSA) is 18.5 Å². The molecule has 0 saturated carbocycles. The molecule has 0 rings (SSSR count). The van der Waals surface area contributed by atoms with Gasteiger partial charge in [0.05, 0.1) is 11.2 Å². The Morgan fingerprint density at radius 1 is 0.452 bits per heavy atom. The minimum Gasteiger partial charge on any atom is -0.389 e. The maximum atomic E-state index is 6.45.